The van der Waals surface area contributed by atoms with Gasteiger partial charge in [-0.1, -0.05) is 66.2 Å². The summed E-state index contributed by atoms with van der Waals surface area (Å²) in [5.74, 6) is 0.512. The van der Waals surface area contributed by atoms with E-state index in [1.165, 1.54) is 44.2 Å². The topological polar surface area (TPSA) is 0 Å². The van der Waals surface area contributed by atoms with Crippen molar-refractivity contribution in [1.82, 2.24) is 0 Å². The zero-order chi connectivity index (χ0) is 17.4. The second-order valence-electron chi connectivity index (χ2n) is 6.78. The van der Waals surface area contributed by atoms with Crippen LogP contribution in [0.3, 0.4) is 0 Å². The Labute approximate surface area is 167 Å². The van der Waals surface area contributed by atoms with Gasteiger partial charge in [-0.25, -0.2) is 0 Å². The van der Waals surface area contributed by atoms with Gasteiger partial charge < -0.3 is 0 Å². The molecule has 2 aliphatic carbocycles. The molecule has 1 atom stereocenters. The molecule has 0 N–H and O–H groups in total. The van der Waals surface area contributed by atoms with Crippen molar-refractivity contribution in [1.29, 1.82) is 0 Å². The van der Waals surface area contributed by atoms with E-state index in [9.17, 15) is 0 Å². The monoisotopic (exact) mass is 442 g/mol. The van der Waals surface area contributed by atoms with E-state index in [4.69, 9.17) is 17.0 Å². The van der Waals surface area contributed by atoms with E-state index in [-0.39, 0.29) is 0 Å². The Balaban J connectivity index is 0.000000490. The maximum atomic E-state index is 4.93. The summed E-state index contributed by atoms with van der Waals surface area (Å²) >= 11 is -0.826. The average molecular weight is 445 g/mol. The number of benzene rings is 3. The Morgan fingerprint density at radius 1 is 0.880 bits per heavy atom. The minimum atomic E-state index is -0.826. The van der Waals surface area contributed by atoms with Gasteiger partial charge >= 0.3 is 37.9 Å². The van der Waals surface area contributed by atoms with Crippen molar-refractivity contribution in [3.8, 4) is 0 Å². The quantitative estimate of drug-likeness (QED) is 0.384. The SMILES string of the molecule is CC1=Cc2c(cccc2C2Cc3cccc4cccc2c34)C1.[Cl][Zr][Cl]. The molecule has 2 aliphatic rings. The molecule has 0 saturated carbocycles. The van der Waals surface area contributed by atoms with Gasteiger partial charge in [0.05, 0.1) is 0 Å². The van der Waals surface area contributed by atoms with Crippen molar-refractivity contribution < 1.29 is 20.8 Å². The molecule has 0 saturated heterocycles. The van der Waals surface area contributed by atoms with Gasteiger partial charge in [0, 0.05) is 5.92 Å². The zero-order valence-corrected chi connectivity index (χ0v) is 18.0. The molecule has 3 aromatic rings. The van der Waals surface area contributed by atoms with Crippen LogP contribution in [-0.2, 0) is 33.7 Å². The van der Waals surface area contributed by atoms with E-state index in [0.29, 0.717) is 5.92 Å². The first-order valence-electron chi connectivity index (χ1n) is 8.48. The predicted molar refractivity (Wildman–Crippen MR) is 105 cm³/mol. The van der Waals surface area contributed by atoms with Gasteiger partial charge in [0.25, 0.3) is 0 Å². The molecule has 0 aromatic heterocycles. The van der Waals surface area contributed by atoms with Crippen LogP contribution in [0.5, 0.6) is 0 Å². The second kappa shape index (κ2) is 7.39. The van der Waals surface area contributed by atoms with Crippen molar-refractivity contribution >= 4 is 33.9 Å². The first-order valence-corrected chi connectivity index (χ1v) is 14.8. The van der Waals surface area contributed by atoms with E-state index in [2.05, 4.69) is 67.6 Å². The Bertz CT molecular complexity index is 970. The summed E-state index contributed by atoms with van der Waals surface area (Å²) < 4.78 is 0. The summed E-state index contributed by atoms with van der Waals surface area (Å²) in [6.45, 7) is 2.24. The average Bonchev–Trinajstić information content (AvgIpc) is 3.17. The van der Waals surface area contributed by atoms with Crippen LogP contribution in [0.1, 0.15) is 40.7 Å². The van der Waals surface area contributed by atoms with Gasteiger partial charge in [0.2, 0.25) is 0 Å². The Hall–Kier alpha value is -0.877. The van der Waals surface area contributed by atoms with Gasteiger partial charge in [0.15, 0.2) is 0 Å². The van der Waals surface area contributed by atoms with Gasteiger partial charge in [0.1, 0.15) is 0 Å². The van der Waals surface area contributed by atoms with E-state index in [1.807, 2.05) is 0 Å². The summed E-state index contributed by atoms with van der Waals surface area (Å²) in [7, 11) is 9.87. The predicted octanol–water partition coefficient (Wildman–Crippen LogP) is 6.86. The summed E-state index contributed by atoms with van der Waals surface area (Å²) in [6.07, 6.45) is 4.65. The number of hydrogen-bond acceptors (Lipinski definition) is 0. The maximum absolute atomic E-state index is 4.93. The zero-order valence-electron chi connectivity index (χ0n) is 14.0. The van der Waals surface area contributed by atoms with Crippen LogP contribution in [0.2, 0.25) is 0 Å². The van der Waals surface area contributed by atoms with Crippen LogP contribution in [0.4, 0.5) is 0 Å². The van der Waals surface area contributed by atoms with Gasteiger partial charge in [-0.05, 0) is 58.4 Å². The molecule has 0 heterocycles. The third kappa shape index (κ3) is 3.16. The molecule has 1 unspecified atom stereocenters. The fraction of sp³-hybridized carbons (Fsp3) is 0.182. The molecule has 3 aromatic carbocycles. The summed E-state index contributed by atoms with van der Waals surface area (Å²) in [5, 5.41) is 2.88. The molecule has 0 spiro atoms. The molecule has 3 heteroatoms. The molecule has 25 heavy (non-hydrogen) atoms. The fourth-order valence-corrected chi connectivity index (χ4v) is 4.38. The van der Waals surface area contributed by atoms with E-state index in [0.717, 1.165) is 12.8 Å². The Kier molecular flexibility index (Phi) is 5.19. The van der Waals surface area contributed by atoms with Crippen LogP contribution in [0.25, 0.3) is 16.8 Å². The molecular formula is C22H18Cl2Zr. The summed E-state index contributed by atoms with van der Waals surface area (Å²) in [4.78, 5) is 0. The molecule has 0 amide bonds. The molecule has 0 nitrogen and oxygen atoms in total. The third-order valence-corrected chi connectivity index (χ3v) is 5.29. The Morgan fingerprint density at radius 2 is 1.52 bits per heavy atom. The standard InChI is InChI=1S/C22H18.2ClH.Zr/c1-14-11-16-7-4-9-18(20(16)12-14)21-13-17-8-2-5-15-6-3-10-19(21)22(15)17;;;/h2-10,12,21H,11,13H2,1H3;2*1H;/q;;;+2/p-2. The fourth-order valence-electron chi connectivity index (χ4n) is 4.38. The molecule has 0 fully saturated rings. The first kappa shape index (κ1) is 17.5. The van der Waals surface area contributed by atoms with E-state index < -0.39 is 20.8 Å². The molecule has 0 aliphatic heterocycles. The second-order valence-corrected chi connectivity index (χ2v) is 10.5. The van der Waals surface area contributed by atoms with E-state index >= 15 is 0 Å². The van der Waals surface area contributed by atoms with Gasteiger partial charge in [-0.2, -0.15) is 0 Å². The van der Waals surface area contributed by atoms with Crippen molar-refractivity contribution in [2.24, 2.45) is 0 Å². The normalized spacial score (nSPS) is 16.9. The van der Waals surface area contributed by atoms with Crippen molar-refractivity contribution in [3.63, 3.8) is 0 Å². The van der Waals surface area contributed by atoms with Crippen molar-refractivity contribution in [2.45, 2.75) is 25.7 Å². The molecule has 0 bridgehead atoms. The number of hydrogen-bond donors (Lipinski definition) is 0. The number of fused-ring (bicyclic) bond motifs is 1. The summed E-state index contributed by atoms with van der Waals surface area (Å²) in [5.41, 5.74) is 9.00. The number of halogens is 2. The Morgan fingerprint density at radius 3 is 2.32 bits per heavy atom. The minimum absolute atomic E-state index is 0.512. The van der Waals surface area contributed by atoms with Gasteiger partial charge in [-0.15, -0.1) is 0 Å². The number of rotatable bonds is 1. The third-order valence-electron chi connectivity index (χ3n) is 5.29. The van der Waals surface area contributed by atoms with Crippen LogP contribution in [0, 0.1) is 0 Å². The number of allylic oxidation sites excluding steroid dienone is 1. The van der Waals surface area contributed by atoms with Crippen molar-refractivity contribution in [2.75, 3.05) is 0 Å². The van der Waals surface area contributed by atoms with Crippen molar-refractivity contribution in [3.05, 3.63) is 88.0 Å². The van der Waals surface area contributed by atoms with Crippen LogP contribution < -0.4 is 0 Å². The van der Waals surface area contributed by atoms with E-state index in [1.54, 1.807) is 0 Å². The molecule has 0 radical (unpaired) electrons. The summed E-state index contributed by atoms with van der Waals surface area (Å²) in [6, 6.07) is 20.4. The molecule has 124 valence electrons. The van der Waals surface area contributed by atoms with Gasteiger partial charge in [-0.3, -0.25) is 0 Å². The van der Waals surface area contributed by atoms with Crippen LogP contribution >= 0.6 is 17.0 Å². The molecule has 5 rings (SSSR count). The van der Waals surface area contributed by atoms with Crippen LogP contribution in [0.15, 0.2) is 60.2 Å². The van der Waals surface area contributed by atoms with Crippen LogP contribution in [-0.4, -0.2) is 0 Å². The first-order chi connectivity index (χ1) is 12.2. The molecular weight excluding hydrogens is 426 g/mol.